The van der Waals surface area contributed by atoms with Crippen molar-refractivity contribution in [3.63, 3.8) is 0 Å². The van der Waals surface area contributed by atoms with Crippen LogP contribution in [-0.2, 0) is 4.79 Å². The molecule has 0 fully saturated rings. The minimum Gasteiger partial charge on any atom is -0.484 e. The van der Waals surface area contributed by atoms with Crippen LogP contribution in [0.15, 0.2) is 54.9 Å². The Labute approximate surface area is 166 Å². The van der Waals surface area contributed by atoms with E-state index < -0.39 is 12.0 Å². The number of hydrogen-bond acceptors (Lipinski definition) is 4. The number of nitrogens with one attached hydrogen (secondary N) is 2. The summed E-state index contributed by atoms with van der Waals surface area (Å²) in [4.78, 5) is 11.9. The molecule has 0 radical (unpaired) electrons. The van der Waals surface area contributed by atoms with Crippen LogP contribution >= 0.6 is 34.8 Å². The normalized spacial score (nSPS) is 11.5. The van der Waals surface area contributed by atoms with Gasteiger partial charge in [-0.15, -0.1) is 0 Å². The van der Waals surface area contributed by atoms with Crippen molar-refractivity contribution >= 4 is 40.7 Å². The minimum atomic E-state index is -0.770. The van der Waals surface area contributed by atoms with Crippen LogP contribution in [0, 0.1) is 0 Å². The van der Waals surface area contributed by atoms with E-state index in [2.05, 4.69) is 17.2 Å². The molecule has 0 saturated carbocycles. The fourth-order valence-electron chi connectivity index (χ4n) is 1.99. The molecule has 5 nitrogen and oxygen atoms in total. The van der Waals surface area contributed by atoms with Gasteiger partial charge in [0.05, 0.1) is 22.0 Å². The lowest BCUT2D eigenvalue weighted by atomic mass is 10.1. The summed E-state index contributed by atoms with van der Waals surface area (Å²) in [5, 5.41) is 16.8. The zero-order valence-corrected chi connectivity index (χ0v) is 15.9. The lowest BCUT2D eigenvalue weighted by Crippen LogP contribution is -2.35. The SMILES string of the molecule is C=C(NCC(O)c1ccc(Cl)cc1)NC(=O)COc1ccc(Cl)c(Cl)c1. The van der Waals surface area contributed by atoms with Gasteiger partial charge in [0.1, 0.15) is 5.75 Å². The number of rotatable bonds is 8. The van der Waals surface area contributed by atoms with Crippen molar-refractivity contribution in [2.24, 2.45) is 0 Å². The second-order valence-corrected chi connectivity index (χ2v) is 6.59. The number of aliphatic hydroxyl groups is 1. The lowest BCUT2D eigenvalue weighted by molar-refractivity contribution is -0.122. The number of benzene rings is 2. The van der Waals surface area contributed by atoms with Crippen LogP contribution in [0.1, 0.15) is 11.7 Å². The second-order valence-electron chi connectivity index (χ2n) is 5.34. The number of amides is 1. The first-order valence-electron chi connectivity index (χ1n) is 7.59. The molecule has 2 aromatic carbocycles. The predicted molar refractivity (Wildman–Crippen MR) is 104 cm³/mol. The molecule has 1 atom stereocenters. The van der Waals surface area contributed by atoms with Crippen molar-refractivity contribution in [3.8, 4) is 5.75 Å². The van der Waals surface area contributed by atoms with Gasteiger partial charge < -0.3 is 20.5 Å². The average molecular weight is 416 g/mol. The monoisotopic (exact) mass is 414 g/mol. The quantitative estimate of drug-likeness (QED) is 0.611. The largest absolute Gasteiger partial charge is 0.484 e. The van der Waals surface area contributed by atoms with Gasteiger partial charge in [0, 0.05) is 17.6 Å². The van der Waals surface area contributed by atoms with Crippen LogP contribution < -0.4 is 15.4 Å². The van der Waals surface area contributed by atoms with Crippen LogP contribution in [0.3, 0.4) is 0 Å². The summed E-state index contributed by atoms with van der Waals surface area (Å²) in [6.45, 7) is 3.64. The summed E-state index contributed by atoms with van der Waals surface area (Å²) in [5.41, 5.74) is 0.698. The number of hydrogen-bond donors (Lipinski definition) is 3. The maximum Gasteiger partial charge on any atom is 0.263 e. The average Bonchev–Trinajstić information content (AvgIpc) is 2.61. The highest BCUT2D eigenvalue weighted by molar-refractivity contribution is 6.42. The third kappa shape index (κ3) is 6.42. The number of ether oxygens (including phenoxy) is 1. The summed E-state index contributed by atoms with van der Waals surface area (Å²) >= 11 is 17.5. The van der Waals surface area contributed by atoms with Gasteiger partial charge in [-0.2, -0.15) is 0 Å². The summed E-state index contributed by atoms with van der Waals surface area (Å²) in [6.07, 6.45) is -0.770. The zero-order chi connectivity index (χ0) is 19.1. The summed E-state index contributed by atoms with van der Waals surface area (Å²) in [5.74, 6) is 0.265. The standard InChI is InChI=1S/C18H17Cl3N2O3/c1-11(22-9-17(24)12-2-4-13(19)5-3-12)23-18(25)10-26-14-6-7-15(20)16(21)8-14/h2-8,17,22,24H,1,9-10H2,(H,23,25). The smallest absolute Gasteiger partial charge is 0.263 e. The molecule has 26 heavy (non-hydrogen) atoms. The summed E-state index contributed by atoms with van der Waals surface area (Å²) in [7, 11) is 0. The Morgan fingerprint density at radius 1 is 1.12 bits per heavy atom. The molecule has 0 aromatic heterocycles. The minimum absolute atomic E-state index is 0.175. The lowest BCUT2D eigenvalue weighted by Gasteiger charge is -2.15. The number of carbonyl (C=O) groups is 1. The number of halogens is 3. The Kier molecular flexibility index (Phi) is 7.60. The highest BCUT2D eigenvalue weighted by atomic mass is 35.5. The van der Waals surface area contributed by atoms with Crippen molar-refractivity contribution in [1.82, 2.24) is 10.6 Å². The van der Waals surface area contributed by atoms with Gasteiger partial charge in [-0.3, -0.25) is 4.79 Å². The van der Waals surface area contributed by atoms with Crippen LogP contribution in [0.4, 0.5) is 0 Å². The van der Waals surface area contributed by atoms with Crippen molar-refractivity contribution in [3.05, 3.63) is 75.5 Å². The van der Waals surface area contributed by atoms with Crippen LogP contribution in [0.5, 0.6) is 5.75 Å². The Morgan fingerprint density at radius 2 is 1.81 bits per heavy atom. The van der Waals surface area contributed by atoms with E-state index in [1.165, 1.54) is 6.07 Å². The maximum atomic E-state index is 11.9. The third-order valence-electron chi connectivity index (χ3n) is 3.31. The van der Waals surface area contributed by atoms with Gasteiger partial charge in [-0.25, -0.2) is 0 Å². The summed E-state index contributed by atoms with van der Waals surface area (Å²) < 4.78 is 5.32. The molecule has 0 saturated heterocycles. The van der Waals surface area contributed by atoms with E-state index in [0.717, 1.165) is 0 Å². The topological polar surface area (TPSA) is 70.6 Å². The first-order valence-corrected chi connectivity index (χ1v) is 8.72. The van der Waals surface area contributed by atoms with E-state index >= 15 is 0 Å². The fourth-order valence-corrected chi connectivity index (χ4v) is 2.40. The molecule has 0 bridgehead atoms. The molecule has 0 aliphatic carbocycles. The molecule has 0 spiro atoms. The van der Waals surface area contributed by atoms with Crippen molar-refractivity contribution in [2.45, 2.75) is 6.10 Å². The van der Waals surface area contributed by atoms with Gasteiger partial charge >= 0.3 is 0 Å². The molecule has 1 unspecified atom stereocenters. The van der Waals surface area contributed by atoms with Crippen molar-refractivity contribution in [2.75, 3.05) is 13.2 Å². The molecular weight excluding hydrogens is 399 g/mol. The highest BCUT2D eigenvalue weighted by Gasteiger charge is 2.09. The Balaban J connectivity index is 1.73. The molecule has 2 aromatic rings. The molecule has 1 amide bonds. The Morgan fingerprint density at radius 3 is 2.46 bits per heavy atom. The molecule has 2 rings (SSSR count). The maximum absolute atomic E-state index is 11.9. The van der Waals surface area contributed by atoms with E-state index in [0.29, 0.717) is 26.4 Å². The van der Waals surface area contributed by atoms with Crippen molar-refractivity contribution < 1.29 is 14.6 Å². The third-order valence-corrected chi connectivity index (χ3v) is 4.31. The Hall–Kier alpha value is -1.92. The predicted octanol–water partition coefficient (Wildman–Crippen LogP) is 3.94. The molecule has 0 aliphatic heterocycles. The van der Waals surface area contributed by atoms with E-state index in [4.69, 9.17) is 39.5 Å². The van der Waals surface area contributed by atoms with E-state index in [-0.39, 0.29) is 19.0 Å². The van der Waals surface area contributed by atoms with E-state index in [1.807, 2.05) is 0 Å². The molecule has 8 heteroatoms. The van der Waals surface area contributed by atoms with Gasteiger partial charge in [-0.05, 0) is 29.8 Å². The highest BCUT2D eigenvalue weighted by Crippen LogP contribution is 2.26. The zero-order valence-electron chi connectivity index (χ0n) is 13.6. The van der Waals surface area contributed by atoms with E-state index in [9.17, 15) is 9.90 Å². The van der Waals surface area contributed by atoms with Gasteiger partial charge in [-0.1, -0.05) is 53.5 Å². The fraction of sp³-hybridized carbons (Fsp3) is 0.167. The van der Waals surface area contributed by atoms with Gasteiger partial charge in [0.2, 0.25) is 0 Å². The molecule has 138 valence electrons. The van der Waals surface area contributed by atoms with Gasteiger partial charge in [0.25, 0.3) is 5.91 Å². The molecule has 0 heterocycles. The van der Waals surface area contributed by atoms with Gasteiger partial charge in [0.15, 0.2) is 6.61 Å². The molecular formula is C18H17Cl3N2O3. The Bertz CT molecular complexity index is 782. The molecule has 0 aliphatic rings. The van der Waals surface area contributed by atoms with Crippen molar-refractivity contribution in [1.29, 1.82) is 0 Å². The van der Waals surface area contributed by atoms with Crippen LogP contribution in [0.25, 0.3) is 0 Å². The van der Waals surface area contributed by atoms with Crippen LogP contribution in [0.2, 0.25) is 15.1 Å². The summed E-state index contributed by atoms with van der Waals surface area (Å²) in [6, 6.07) is 11.5. The first-order chi connectivity index (χ1) is 12.3. The van der Waals surface area contributed by atoms with E-state index in [1.54, 1.807) is 36.4 Å². The number of carbonyl (C=O) groups excluding carboxylic acids is 1. The molecule has 3 N–H and O–H groups in total. The second kappa shape index (κ2) is 9.69. The number of aliphatic hydroxyl groups excluding tert-OH is 1. The first kappa shape index (κ1) is 20.4. The van der Waals surface area contributed by atoms with Crippen LogP contribution in [-0.4, -0.2) is 24.2 Å².